The molecule has 2 aromatic carbocycles. The number of aromatic nitrogens is 2. The van der Waals surface area contributed by atoms with Crippen LogP contribution in [-0.2, 0) is 10.0 Å². The predicted molar refractivity (Wildman–Crippen MR) is 80.2 cm³/mol. The topological polar surface area (TPSA) is 95.1 Å². The lowest BCUT2D eigenvalue weighted by molar-refractivity contribution is -0.390. The van der Waals surface area contributed by atoms with E-state index in [0.29, 0.717) is 9.36 Å². The molecule has 0 N–H and O–H groups in total. The Balaban J connectivity index is 2.35. The van der Waals surface area contributed by atoms with E-state index in [4.69, 9.17) is 0 Å². The molecule has 0 amide bonds. The maximum Gasteiger partial charge on any atom is 0.358 e. The van der Waals surface area contributed by atoms with Crippen LogP contribution < -0.4 is 0 Å². The van der Waals surface area contributed by atoms with Gasteiger partial charge in [0.25, 0.3) is 0 Å². The molecule has 0 unspecified atom stereocenters. The molecule has 0 atom stereocenters. The summed E-state index contributed by atoms with van der Waals surface area (Å²) in [5.74, 6) is -0.537. The fraction of sp³-hybridized carbons (Fsp3) is 0.0714. The first-order chi connectivity index (χ1) is 10.4. The molecule has 3 aromatic rings. The van der Waals surface area contributed by atoms with Crippen LogP contribution in [0.5, 0.6) is 0 Å². The van der Waals surface area contributed by atoms with Crippen LogP contribution in [0.4, 0.5) is 5.82 Å². The smallest absolute Gasteiger partial charge is 0.358 e. The Morgan fingerprint density at radius 3 is 2.55 bits per heavy atom. The van der Waals surface area contributed by atoms with Crippen molar-refractivity contribution in [1.82, 2.24) is 8.96 Å². The molecule has 0 aliphatic heterocycles. The largest absolute Gasteiger partial charge is 0.358 e. The Bertz CT molecular complexity index is 987. The molecule has 3 rings (SSSR count). The van der Waals surface area contributed by atoms with Crippen LogP contribution >= 0.6 is 0 Å². The third-order valence-electron chi connectivity index (χ3n) is 3.32. The van der Waals surface area contributed by atoms with Crippen molar-refractivity contribution >= 4 is 26.6 Å². The molecule has 1 aromatic heterocycles. The summed E-state index contributed by atoms with van der Waals surface area (Å²) in [6.45, 7) is 1.41. The van der Waals surface area contributed by atoms with Crippen molar-refractivity contribution < 1.29 is 13.3 Å². The maximum atomic E-state index is 12.9. The van der Waals surface area contributed by atoms with Crippen LogP contribution in [0.2, 0.25) is 0 Å². The highest BCUT2D eigenvalue weighted by molar-refractivity contribution is 7.90. The number of rotatable bonds is 3. The van der Waals surface area contributed by atoms with Gasteiger partial charge in [0.05, 0.1) is 0 Å². The van der Waals surface area contributed by atoms with Gasteiger partial charge in [-0.3, -0.25) is 0 Å². The lowest BCUT2D eigenvalue weighted by atomic mass is 10.1. The molecule has 0 radical (unpaired) electrons. The first-order valence-electron chi connectivity index (χ1n) is 6.35. The van der Waals surface area contributed by atoms with E-state index in [-0.39, 0.29) is 10.7 Å². The lowest BCUT2D eigenvalue weighted by Crippen LogP contribution is -2.17. The normalized spacial score (nSPS) is 11.7. The van der Waals surface area contributed by atoms with Crippen LogP contribution in [0.15, 0.2) is 53.6 Å². The van der Waals surface area contributed by atoms with Gasteiger partial charge in [-0.25, -0.2) is 4.98 Å². The van der Waals surface area contributed by atoms with Crippen molar-refractivity contribution in [3.63, 3.8) is 0 Å². The Kier molecular flexibility index (Phi) is 3.18. The SMILES string of the molecule is Cc1ncc([N+](=O)[O-])n1S(=O)(=O)c1cccc2ccccc12. The number of aryl methyl sites for hydroxylation is 1. The van der Waals surface area contributed by atoms with E-state index in [9.17, 15) is 18.5 Å². The minimum absolute atomic E-state index is 0.00907. The Morgan fingerprint density at radius 2 is 1.82 bits per heavy atom. The van der Waals surface area contributed by atoms with E-state index in [1.165, 1.54) is 13.0 Å². The van der Waals surface area contributed by atoms with E-state index in [0.717, 1.165) is 11.6 Å². The van der Waals surface area contributed by atoms with Crippen molar-refractivity contribution in [3.05, 3.63) is 64.6 Å². The highest BCUT2D eigenvalue weighted by Gasteiger charge is 2.32. The predicted octanol–water partition coefficient (Wildman–Crippen LogP) is 2.49. The zero-order valence-electron chi connectivity index (χ0n) is 11.5. The number of benzene rings is 2. The summed E-state index contributed by atoms with van der Waals surface area (Å²) in [5.41, 5.74) is 0. The molecule has 0 aliphatic rings. The molecule has 8 heteroatoms. The fourth-order valence-corrected chi connectivity index (χ4v) is 4.03. The highest BCUT2D eigenvalue weighted by atomic mass is 32.2. The molecule has 0 spiro atoms. The summed E-state index contributed by atoms with van der Waals surface area (Å²) in [5, 5.41) is 12.3. The molecule has 22 heavy (non-hydrogen) atoms. The summed E-state index contributed by atoms with van der Waals surface area (Å²) >= 11 is 0. The van der Waals surface area contributed by atoms with E-state index in [2.05, 4.69) is 4.98 Å². The second kappa shape index (κ2) is 4.92. The molecule has 0 saturated carbocycles. The summed E-state index contributed by atoms with van der Waals surface area (Å²) in [6.07, 6.45) is 0.942. The van der Waals surface area contributed by atoms with Gasteiger partial charge in [0.15, 0.2) is 0 Å². The molecule has 0 fully saturated rings. The Labute approximate surface area is 126 Å². The van der Waals surface area contributed by atoms with Gasteiger partial charge in [-0.15, -0.1) is 0 Å². The molecule has 0 aliphatic carbocycles. The van der Waals surface area contributed by atoms with Gasteiger partial charge in [-0.2, -0.15) is 8.42 Å². The van der Waals surface area contributed by atoms with Crippen LogP contribution in [0.1, 0.15) is 5.82 Å². The third kappa shape index (κ3) is 2.04. The zero-order valence-corrected chi connectivity index (χ0v) is 12.3. The first-order valence-corrected chi connectivity index (χ1v) is 7.79. The van der Waals surface area contributed by atoms with Gasteiger partial charge in [0.2, 0.25) is 5.82 Å². The van der Waals surface area contributed by atoms with E-state index in [1.54, 1.807) is 36.4 Å². The summed E-state index contributed by atoms with van der Waals surface area (Å²) in [6, 6.07) is 11.8. The summed E-state index contributed by atoms with van der Waals surface area (Å²) < 4.78 is 26.4. The number of nitrogens with zero attached hydrogens (tertiary/aromatic N) is 3. The summed E-state index contributed by atoms with van der Waals surface area (Å²) in [7, 11) is -4.12. The minimum Gasteiger partial charge on any atom is -0.358 e. The average molecular weight is 317 g/mol. The molecule has 1 heterocycles. The Hall–Kier alpha value is -2.74. The number of hydrogen-bond acceptors (Lipinski definition) is 5. The van der Waals surface area contributed by atoms with Gasteiger partial charge < -0.3 is 10.1 Å². The molecule has 112 valence electrons. The van der Waals surface area contributed by atoms with Crippen molar-refractivity contribution in [3.8, 4) is 0 Å². The van der Waals surface area contributed by atoms with E-state index in [1.807, 2.05) is 0 Å². The first kappa shape index (κ1) is 14.2. The maximum absolute atomic E-state index is 12.9. The highest BCUT2D eigenvalue weighted by Crippen LogP contribution is 2.28. The van der Waals surface area contributed by atoms with E-state index >= 15 is 0 Å². The van der Waals surface area contributed by atoms with Crippen LogP contribution in [0.3, 0.4) is 0 Å². The Morgan fingerprint density at radius 1 is 1.14 bits per heavy atom. The second-order valence-corrected chi connectivity index (χ2v) is 6.42. The van der Waals surface area contributed by atoms with Gasteiger partial charge in [0, 0.05) is 12.3 Å². The fourth-order valence-electron chi connectivity index (χ4n) is 2.36. The number of nitro groups is 1. The van der Waals surface area contributed by atoms with Crippen LogP contribution in [-0.4, -0.2) is 22.3 Å². The number of imidazole rings is 1. The zero-order chi connectivity index (χ0) is 15.9. The molecular formula is C14H11N3O4S. The standard InChI is InChI=1S/C14H11N3O4S/c1-10-15-9-14(17(18)19)16(10)22(20,21)13-8-4-6-11-5-2-3-7-12(11)13/h2-9H,1H3. The van der Waals surface area contributed by atoms with E-state index < -0.39 is 20.8 Å². The van der Waals surface area contributed by atoms with Gasteiger partial charge in [0.1, 0.15) is 11.1 Å². The van der Waals surface area contributed by atoms with Crippen molar-refractivity contribution in [2.45, 2.75) is 11.8 Å². The van der Waals surface area contributed by atoms with Gasteiger partial charge in [-0.05, 0) is 16.4 Å². The summed E-state index contributed by atoms with van der Waals surface area (Å²) in [4.78, 5) is 14.1. The monoisotopic (exact) mass is 317 g/mol. The van der Waals surface area contributed by atoms with Crippen LogP contribution in [0.25, 0.3) is 10.8 Å². The second-order valence-electron chi connectivity index (χ2n) is 4.67. The van der Waals surface area contributed by atoms with Gasteiger partial charge >= 0.3 is 15.8 Å². The molecule has 7 nitrogen and oxygen atoms in total. The third-order valence-corrected chi connectivity index (χ3v) is 5.17. The van der Waals surface area contributed by atoms with Crippen molar-refractivity contribution in [1.29, 1.82) is 0 Å². The number of hydrogen-bond donors (Lipinski definition) is 0. The van der Waals surface area contributed by atoms with Crippen molar-refractivity contribution in [2.75, 3.05) is 0 Å². The van der Waals surface area contributed by atoms with Crippen LogP contribution in [0, 0.1) is 17.0 Å². The van der Waals surface area contributed by atoms with Crippen molar-refractivity contribution in [2.24, 2.45) is 0 Å². The average Bonchev–Trinajstić information content (AvgIpc) is 2.89. The number of fused-ring (bicyclic) bond motifs is 1. The van der Waals surface area contributed by atoms with Gasteiger partial charge in [-0.1, -0.05) is 40.4 Å². The quantitative estimate of drug-likeness (QED) is 0.546. The molecular weight excluding hydrogens is 306 g/mol. The minimum atomic E-state index is -4.12. The molecule has 0 bridgehead atoms. The molecule has 0 saturated heterocycles. The lowest BCUT2D eigenvalue weighted by Gasteiger charge is -2.07.